The van der Waals surface area contributed by atoms with E-state index in [0.29, 0.717) is 23.0 Å². The van der Waals surface area contributed by atoms with Crippen molar-refractivity contribution in [1.29, 1.82) is 0 Å². The van der Waals surface area contributed by atoms with Crippen LogP contribution in [0.25, 0.3) is 16.3 Å². The summed E-state index contributed by atoms with van der Waals surface area (Å²) >= 11 is 4.23. The first-order valence-corrected chi connectivity index (χ1v) is 15.6. The van der Waals surface area contributed by atoms with Gasteiger partial charge in [-0.25, -0.2) is 4.98 Å². The number of nitrogens with one attached hydrogen (secondary N) is 3. The van der Waals surface area contributed by atoms with Gasteiger partial charge in [-0.05, 0) is 79.0 Å². The van der Waals surface area contributed by atoms with Crippen molar-refractivity contribution >= 4 is 79.3 Å². The Morgan fingerprint density at radius 2 is 1.76 bits per heavy atom. The van der Waals surface area contributed by atoms with E-state index in [4.69, 9.17) is 4.74 Å². The molecule has 0 saturated carbocycles. The largest absolute Gasteiger partial charge is 0.494 e. The van der Waals surface area contributed by atoms with E-state index in [2.05, 4.69) is 20.9 Å². The molecule has 212 valence electrons. The number of carbonyl (C=O) groups is 3. The molecule has 11 heteroatoms. The first-order valence-electron chi connectivity index (χ1n) is 13.0. The molecule has 5 aromatic rings. The molecule has 5 rings (SSSR count). The van der Waals surface area contributed by atoms with Crippen LogP contribution in [0.4, 0.5) is 10.8 Å². The normalized spacial score (nSPS) is 11.2. The second kappa shape index (κ2) is 13.9. The summed E-state index contributed by atoms with van der Waals surface area (Å²) in [5.41, 5.74) is 1.94. The van der Waals surface area contributed by atoms with E-state index in [1.165, 1.54) is 34.4 Å². The molecule has 42 heavy (non-hydrogen) atoms. The predicted molar refractivity (Wildman–Crippen MR) is 171 cm³/mol. The number of fused-ring (bicyclic) bond motifs is 1. The van der Waals surface area contributed by atoms with E-state index in [1.807, 2.05) is 60.8 Å². The number of benzene rings is 3. The lowest BCUT2D eigenvalue weighted by Gasteiger charge is -2.11. The number of rotatable bonds is 11. The summed E-state index contributed by atoms with van der Waals surface area (Å²) in [7, 11) is 0. The highest BCUT2D eigenvalue weighted by Gasteiger charge is 2.16. The number of aromatic nitrogens is 1. The number of thiazole rings is 1. The fourth-order valence-corrected chi connectivity index (χ4v) is 6.08. The zero-order chi connectivity index (χ0) is 29.3. The molecule has 0 spiro atoms. The van der Waals surface area contributed by atoms with Crippen molar-refractivity contribution in [3.8, 4) is 5.75 Å². The van der Waals surface area contributed by atoms with Gasteiger partial charge in [0.1, 0.15) is 11.4 Å². The van der Waals surface area contributed by atoms with Gasteiger partial charge in [-0.2, -0.15) is 0 Å². The molecular weight excluding hydrogens is 589 g/mol. The third-order valence-electron chi connectivity index (χ3n) is 5.76. The summed E-state index contributed by atoms with van der Waals surface area (Å²) in [4.78, 5) is 44.6. The first-order chi connectivity index (χ1) is 20.5. The van der Waals surface area contributed by atoms with Crippen molar-refractivity contribution in [2.45, 2.75) is 11.8 Å². The van der Waals surface area contributed by atoms with Gasteiger partial charge in [0.15, 0.2) is 5.13 Å². The Morgan fingerprint density at radius 3 is 2.50 bits per heavy atom. The van der Waals surface area contributed by atoms with Crippen molar-refractivity contribution in [3.63, 3.8) is 0 Å². The summed E-state index contributed by atoms with van der Waals surface area (Å²) < 4.78 is 6.47. The quantitative estimate of drug-likeness (QED) is 0.110. The molecule has 0 fully saturated rings. The molecule has 0 saturated heterocycles. The number of thioether (sulfide) groups is 1. The van der Waals surface area contributed by atoms with Crippen LogP contribution >= 0.6 is 34.4 Å². The smallest absolute Gasteiger partial charge is 0.272 e. The second-order valence-corrected chi connectivity index (χ2v) is 11.8. The number of hydrogen-bond acceptors (Lipinski definition) is 8. The predicted octanol–water partition coefficient (Wildman–Crippen LogP) is 6.90. The topological polar surface area (TPSA) is 109 Å². The minimum absolute atomic E-state index is 0.130. The number of anilines is 2. The highest BCUT2D eigenvalue weighted by Crippen LogP contribution is 2.30. The maximum atomic E-state index is 13.1. The maximum Gasteiger partial charge on any atom is 0.272 e. The molecule has 8 nitrogen and oxygen atoms in total. The van der Waals surface area contributed by atoms with E-state index in [1.54, 1.807) is 42.5 Å². The van der Waals surface area contributed by atoms with Crippen molar-refractivity contribution < 1.29 is 19.1 Å². The standard InChI is InChI=1S/C31H26N4O4S3/c1-2-39-22-12-15-25-27(17-22)42-31(34-25)35-28(36)19-41-23-13-10-21(11-14-23)32-30(38)26(18-24-9-6-16-40-24)33-29(37)20-7-4-3-5-8-20/h3-18H,2,19H2,1H3,(H,32,38)(H,33,37)(H,34,35,36)/b26-18-. The summed E-state index contributed by atoms with van der Waals surface area (Å²) in [5.74, 6) is -0.0193. The SMILES string of the molecule is CCOc1ccc2nc(NC(=O)CSc3ccc(NC(=O)/C(=C/c4cccs4)NC(=O)c4ccccc4)cc3)sc2c1. The first kappa shape index (κ1) is 29.1. The minimum atomic E-state index is -0.448. The average molecular weight is 615 g/mol. The van der Waals surface area contributed by atoms with Crippen molar-refractivity contribution in [2.24, 2.45) is 0 Å². The minimum Gasteiger partial charge on any atom is -0.494 e. The summed E-state index contributed by atoms with van der Waals surface area (Å²) in [6, 6.07) is 25.3. The van der Waals surface area contributed by atoms with Gasteiger partial charge in [0.25, 0.3) is 11.8 Å². The van der Waals surface area contributed by atoms with E-state index < -0.39 is 5.91 Å². The number of thiophene rings is 1. The lowest BCUT2D eigenvalue weighted by Crippen LogP contribution is -2.30. The molecule has 2 aromatic heterocycles. The third-order valence-corrected chi connectivity index (χ3v) is 8.52. The van der Waals surface area contributed by atoms with Crippen LogP contribution in [0.3, 0.4) is 0 Å². The molecular formula is C31H26N4O4S3. The number of hydrogen-bond donors (Lipinski definition) is 3. The van der Waals surface area contributed by atoms with Crippen molar-refractivity contribution in [1.82, 2.24) is 10.3 Å². The number of nitrogens with zero attached hydrogens (tertiary/aromatic N) is 1. The Labute approximate surface area is 254 Å². The van der Waals surface area contributed by atoms with Crippen LogP contribution in [0.1, 0.15) is 22.2 Å². The second-order valence-electron chi connectivity index (χ2n) is 8.79. The highest BCUT2D eigenvalue weighted by atomic mass is 32.2. The lowest BCUT2D eigenvalue weighted by atomic mass is 10.2. The van der Waals surface area contributed by atoms with Crippen LogP contribution in [0, 0.1) is 0 Å². The maximum absolute atomic E-state index is 13.1. The molecule has 3 N–H and O–H groups in total. The lowest BCUT2D eigenvalue weighted by molar-refractivity contribution is -0.114. The molecule has 0 bridgehead atoms. The Balaban J connectivity index is 1.17. The number of carbonyl (C=O) groups excluding carboxylic acids is 3. The summed E-state index contributed by atoms with van der Waals surface area (Å²) in [6.45, 7) is 2.51. The van der Waals surface area contributed by atoms with Gasteiger partial charge in [0, 0.05) is 21.0 Å². The van der Waals surface area contributed by atoms with Crippen LogP contribution in [0.2, 0.25) is 0 Å². The monoisotopic (exact) mass is 614 g/mol. The molecule has 0 aliphatic heterocycles. The fraction of sp³-hybridized carbons (Fsp3) is 0.0968. The van der Waals surface area contributed by atoms with Crippen LogP contribution < -0.4 is 20.7 Å². The van der Waals surface area contributed by atoms with Crippen LogP contribution in [-0.4, -0.2) is 35.1 Å². The van der Waals surface area contributed by atoms with Crippen molar-refractivity contribution in [3.05, 3.63) is 106 Å². The average Bonchev–Trinajstić information content (AvgIpc) is 3.66. The fourth-order valence-electron chi connectivity index (χ4n) is 3.81. The molecule has 0 unspecified atom stereocenters. The van der Waals surface area contributed by atoms with E-state index in [9.17, 15) is 14.4 Å². The molecule has 3 aromatic carbocycles. The zero-order valence-corrected chi connectivity index (χ0v) is 24.9. The Morgan fingerprint density at radius 1 is 0.952 bits per heavy atom. The molecule has 3 amide bonds. The molecule has 0 radical (unpaired) electrons. The van der Waals surface area contributed by atoms with Gasteiger partial charge < -0.3 is 20.7 Å². The van der Waals surface area contributed by atoms with Crippen LogP contribution in [-0.2, 0) is 9.59 Å². The van der Waals surface area contributed by atoms with Gasteiger partial charge in [0.05, 0.1) is 22.6 Å². The molecule has 2 heterocycles. The van der Waals surface area contributed by atoms with Gasteiger partial charge in [-0.1, -0.05) is 35.6 Å². The third kappa shape index (κ3) is 7.84. The Hall–Kier alpha value is -4.45. The van der Waals surface area contributed by atoms with E-state index in [0.717, 1.165) is 25.7 Å². The van der Waals surface area contributed by atoms with Gasteiger partial charge in [-0.15, -0.1) is 23.1 Å². The molecule has 0 atom stereocenters. The number of ether oxygens (including phenoxy) is 1. The Bertz CT molecular complexity index is 1720. The van der Waals surface area contributed by atoms with Gasteiger partial charge >= 0.3 is 0 Å². The Kier molecular flexibility index (Phi) is 9.65. The van der Waals surface area contributed by atoms with Crippen molar-refractivity contribution in [2.75, 3.05) is 23.0 Å². The highest BCUT2D eigenvalue weighted by molar-refractivity contribution is 8.00. The van der Waals surface area contributed by atoms with Gasteiger partial charge in [0.2, 0.25) is 5.91 Å². The van der Waals surface area contributed by atoms with E-state index >= 15 is 0 Å². The zero-order valence-electron chi connectivity index (χ0n) is 22.5. The summed E-state index contributed by atoms with van der Waals surface area (Å²) in [5, 5.41) is 10.9. The number of amides is 3. The van der Waals surface area contributed by atoms with E-state index in [-0.39, 0.29) is 23.3 Å². The molecule has 0 aliphatic carbocycles. The van der Waals surface area contributed by atoms with Crippen LogP contribution in [0.15, 0.2) is 101 Å². The van der Waals surface area contributed by atoms with Crippen LogP contribution in [0.5, 0.6) is 5.75 Å². The molecule has 0 aliphatic rings. The van der Waals surface area contributed by atoms with Gasteiger partial charge in [-0.3, -0.25) is 14.4 Å². The summed E-state index contributed by atoms with van der Waals surface area (Å²) in [6.07, 6.45) is 1.65.